The Morgan fingerprint density at radius 1 is 1.60 bits per heavy atom. The van der Waals surface area contributed by atoms with Crippen LogP contribution in [0.1, 0.15) is 35.7 Å². The topological polar surface area (TPSA) is 29.3 Å². The number of hydrogen-bond acceptors (Lipinski definition) is 3. The standard InChI is InChI=1S/C12H20N2S/c1-9-6-7-15-12(9)11(8-13)14(2)10-4-3-5-10/h6-7,10-11H,3-5,8,13H2,1-2H3. The maximum absolute atomic E-state index is 5.92. The molecule has 1 aromatic heterocycles. The van der Waals surface area contributed by atoms with Crippen molar-refractivity contribution in [2.75, 3.05) is 13.6 Å². The van der Waals surface area contributed by atoms with Crippen LogP contribution in [-0.4, -0.2) is 24.5 Å². The van der Waals surface area contributed by atoms with E-state index < -0.39 is 0 Å². The lowest BCUT2D eigenvalue weighted by atomic mass is 9.90. The molecule has 1 aliphatic rings. The van der Waals surface area contributed by atoms with Crippen molar-refractivity contribution in [1.29, 1.82) is 0 Å². The Hall–Kier alpha value is -0.380. The van der Waals surface area contributed by atoms with E-state index in [4.69, 9.17) is 5.73 Å². The van der Waals surface area contributed by atoms with Crippen LogP contribution in [0.3, 0.4) is 0 Å². The summed E-state index contributed by atoms with van der Waals surface area (Å²) in [6.07, 6.45) is 4.07. The molecular weight excluding hydrogens is 204 g/mol. The molecule has 1 saturated carbocycles. The predicted molar refractivity (Wildman–Crippen MR) is 66.3 cm³/mol. The molecule has 2 nitrogen and oxygen atoms in total. The lowest BCUT2D eigenvalue weighted by Gasteiger charge is -2.39. The van der Waals surface area contributed by atoms with Gasteiger partial charge < -0.3 is 5.73 Å². The zero-order valence-corrected chi connectivity index (χ0v) is 10.4. The van der Waals surface area contributed by atoms with Crippen LogP contribution >= 0.6 is 11.3 Å². The van der Waals surface area contributed by atoms with E-state index in [1.54, 1.807) is 0 Å². The third kappa shape index (κ3) is 2.10. The summed E-state index contributed by atoms with van der Waals surface area (Å²) in [5, 5.41) is 2.17. The molecule has 0 radical (unpaired) electrons. The highest BCUT2D eigenvalue weighted by Gasteiger charge is 2.28. The van der Waals surface area contributed by atoms with Crippen LogP contribution in [0, 0.1) is 6.92 Å². The van der Waals surface area contributed by atoms with Gasteiger partial charge >= 0.3 is 0 Å². The SMILES string of the molecule is Cc1ccsc1C(CN)N(C)C1CCC1. The van der Waals surface area contributed by atoms with Crippen LogP contribution in [0.4, 0.5) is 0 Å². The molecule has 0 saturated heterocycles. The van der Waals surface area contributed by atoms with Crippen molar-refractivity contribution >= 4 is 11.3 Å². The van der Waals surface area contributed by atoms with Gasteiger partial charge in [-0.15, -0.1) is 11.3 Å². The van der Waals surface area contributed by atoms with Gasteiger partial charge in [-0.1, -0.05) is 6.42 Å². The Kier molecular flexibility index (Phi) is 3.44. The molecule has 1 heterocycles. The summed E-state index contributed by atoms with van der Waals surface area (Å²) in [4.78, 5) is 3.93. The smallest absolute Gasteiger partial charge is 0.0566 e. The first kappa shape index (κ1) is 11.1. The number of nitrogens with two attached hydrogens (primary N) is 1. The average molecular weight is 224 g/mol. The Morgan fingerprint density at radius 3 is 2.73 bits per heavy atom. The average Bonchev–Trinajstić information content (AvgIpc) is 2.51. The normalized spacial score (nSPS) is 19.2. The monoisotopic (exact) mass is 224 g/mol. The second-order valence-electron chi connectivity index (χ2n) is 4.47. The van der Waals surface area contributed by atoms with Crippen molar-refractivity contribution in [3.8, 4) is 0 Å². The molecule has 0 aromatic carbocycles. The molecule has 2 rings (SSSR count). The first-order valence-electron chi connectivity index (χ1n) is 5.70. The molecule has 0 bridgehead atoms. The van der Waals surface area contributed by atoms with Gasteiger partial charge in [0, 0.05) is 17.5 Å². The highest BCUT2D eigenvalue weighted by Crippen LogP contribution is 2.33. The lowest BCUT2D eigenvalue weighted by Crippen LogP contribution is -2.42. The van der Waals surface area contributed by atoms with E-state index >= 15 is 0 Å². The van der Waals surface area contributed by atoms with E-state index in [0.717, 1.165) is 12.6 Å². The largest absolute Gasteiger partial charge is 0.329 e. The van der Waals surface area contributed by atoms with Crippen molar-refractivity contribution in [3.63, 3.8) is 0 Å². The summed E-state index contributed by atoms with van der Waals surface area (Å²) in [6.45, 7) is 2.91. The van der Waals surface area contributed by atoms with Crippen molar-refractivity contribution in [2.24, 2.45) is 5.73 Å². The van der Waals surface area contributed by atoms with E-state index in [0.29, 0.717) is 6.04 Å². The van der Waals surface area contributed by atoms with Gasteiger partial charge in [0.2, 0.25) is 0 Å². The number of rotatable bonds is 4. The Bertz CT molecular complexity index is 317. The van der Waals surface area contributed by atoms with Gasteiger partial charge in [0.25, 0.3) is 0 Å². The number of aryl methyl sites for hydroxylation is 1. The molecule has 0 amide bonds. The minimum atomic E-state index is 0.426. The molecule has 1 aromatic rings. The molecule has 1 aliphatic carbocycles. The first-order chi connectivity index (χ1) is 7.24. The van der Waals surface area contributed by atoms with Gasteiger partial charge in [-0.3, -0.25) is 4.90 Å². The molecule has 1 atom stereocenters. The Morgan fingerprint density at radius 2 is 2.33 bits per heavy atom. The van der Waals surface area contributed by atoms with E-state index in [2.05, 4.69) is 30.3 Å². The quantitative estimate of drug-likeness (QED) is 0.851. The van der Waals surface area contributed by atoms with Crippen LogP contribution in [0.15, 0.2) is 11.4 Å². The van der Waals surface area contributed by atoms with Crippen LogP contribution in [0.25, 0.3) is 0 Å². The van der Waals surface area contributed by atoms with E-state index in [1.165, 1.54) is 29.7 Å². The summed E-state index contributed by atoms with van der Waals surface area (Å²) in [5.74, 6) is 0. The van der Waals surface area contributed by atoms with Crippen molar-refractivity contribution in [3.05, 3.63) is 21.9 Å². The number of thiophene rings is 1. The summed E-state index contributed by atoms with van der Waals surface area (Å²) in [7, 11) is 2.22. The van der Waals surface area contributed by atoms with Crippen LogP contribution in [0.2, 0.25) is 0 Å². The lowest BCUT2D eigenvalue weighted by molar-refractivity contribution is 0.115. The summed E-state index contributed by atoms with van der Waals surface area (Å²) in [6, 6.07) is 3.38. The Labute approximate surface area is 96.1 Å². The molecule has 2 N–H and O–H groups in total. The predicted octanol–water partition coefficient (Wildman–Crippen LogP) is 2.54. The maximum atomic E-state index is 5.92. The van der Waals surface area contributed by atoms with Crippen LogP contribution in [0.5, 0.6) is 0 Å². The van der Waals surface area contributed by atoms with Crippen LogP contribution < -0.4 is 5.73 Å². The van der Waals surface area contributed by atoms with Gasteiger partial charge in [-0.2, -0.15) is 0 Å². The number of likely N-dealkylation sites (N-methyl/N-ethyl adjacent to an activating group) is 1. The molecule has 1 unspecified atom stereocenters. The molecule has 84 valence electrons. The van der Waals surface area contributed by atoms with E-state index in [9.17, 15) is 0 Å². The molecule has 0 aliphatic heterocycles. The molecule has 15 heavy (non-hydrogen) atoms. The van der Waals surface area contributed by atoms with Crippen molar-refractivity contribution in [2.45, 2.75) is 38.3 Å². The van der Waals surface area contributed by atoms with Gasteiger partial charge in [-0.05, 0) is 43.8 Å². The fourth-order valence-electron chi connectivity index (χ4n) is 2.23. The third-order valence-corrected chi connectivity index (χ3v) is 4.69. The van der Waals surface area contributed by atoms with Gasteiger partial charge in [-0.25, -0.2) is 0 Å². The van der Waals surface area contributed by atoms with E-state index in [-0.39, 0.29) is 0 Å². The summed E-state index contributed by atoms with van der Waals surface area (Å²) < 4.78 is 0. The van der Waals surface area contributed by atoms with Crippen molar-refractivity contribution < 1.29 is 0 Å². The zero-order valence-electron chi connectivity index (χ0n) is 9.57. The number of nitrogens with zero attached hydrogens (tertiary/aromatic N) is 1. The molecule has 1 fully saturated rings. The third-order valence-electron chi connectivity index (χ3n) is 3.57. The highest BCUT2D eigenvalue weighted by atomic mass is 32.1. The molecule has 3 heteroatoms. The van der Waals surface area contributed by atoms with Crippen LogP contribution in [-0.2, 0) is 0 Å². The molecule has 0 spiro atoms. The first-order valence-corrected chi connectivity index (χ1v) is 6.58. The van der Waals surface area contributed by atoms with Gasteiger partial charge in [0.05, 0.1) is 6.04 Å². The minimum Gasteiger partial charge on any atom is -0.329 e. The van der Waals surface area contributed by atoms with Gasteiger partial charge in [0.1, 0.15) is 0 Å². The van der Waals surface area contributed by atoms with Crippen molar-refractivity contribution in [1.82, 2.24) is 4.90 Å². The second-order valence-corrected chi connectivity index (χ2v) is 5.42. The summed E-state index contributed by atoms with van der Waals surface area (Å²) >= 11 is 1.84. The molecular formula is C12H20N2S. The summed E-state index contributed by atoms with van der Waals surface area (Å²) in [5.41, 5.74) is 7.31. The Balaban J connectivity index is 2.12. The van der Waals surface area contributed by atoms with Gasteiger partial charge in [0.15, 0.2) is 0 Å². The van der Waals surface area contributed by atoms with E-state index in [1.807, 2.05) is 11.3 Å². The fourth-order valence-corrected chi connectivity index (χ4v) is 3.32. The number of hydrogen-bond donors (Lipinski definition) is 1. The maximum Gasteiger partial charge on any atom is 0.0566 e. The minimum absolute atomic E-state index is 0.426. The highest BCUT2D eigenvalue weighted by molar-refractivity contribution is 7.10. The fraction of sp³-hybridized carbons (Fsp3) is 0.667. The second kappa shape index (κ2) is 4.64. The zero-order chi connectivity index (χ0) is 10.8.